The Morgan fingerprint density at radius 2 is 1.71 bits per heavy atom. The Morgan fingerprint density at radius 3 is 2.36 bits per heavy atom. The van der Waals surface area contributed by atoms with Crippen LogP contribution in [0.15, 0.2) is 65.3 Å². The fraction of sp³-hybridized carbons (Fsp3) is 0.261. The van der Waals surface area contributed by atoms with Crippen molar-refractivity contribution in [3.63, 3.8) is 0 Å². The molecule has 0 saturated carbocycles. The number of ether oxygens (including phenoxy) is 2. The van der Waals surface area contributed by atoms with Gasteiger partial charge in [-0.05, 0) is 66.9 Å². The SMILES string of the molecule is COc1ccc(CN(Cc2ccco2)C(=O)COc2ccc(C)c(C)c2)cc1. The van der Waals surface area contributed by atoms with E-state index in [4.69, 9.17) is 13.9 Å². The number of amides is 1. The van der Waals surface area contributed by atoms with Gasteiger partial charge in [-0.2, -0.15) is 0 Å². The molecule has 1 aromatic heterocycles. The lowest BCUT2D eigenvalue weighted by molar-refractivity contribution is -0.134. The molecular weight excluding hydrogens is 354 g/mol. The van der Waals surface area contributed by atoms with Gasteiger partial charge in [-0.3, -0.25) is 4.79 Å². The molecule has 0 aliphatic heterocycles. The van der Waals surface area contributed by atoms with E-state index in [0.29, 0.717) is 18.8 Å². The number of hydrogen-bond acceptors (Lipinski definition) is 4. The van der Waals surface area contributed by atoms with Gasteiger partial charge in [0.15, 0.2) is 6.61 Å². The summed E-state index contributed by atoms with van der Waals surface area (Å²) in [6.45, 7) is 4.88. The summed E-state index contributed by atoms with van der Waals surface area (Å²) in [5.74, 6) is 2.10. The van der Waals surface area contributed by atoms with Crippen molar-refractivity contribution in [2.75, 3.05) is 13.7 Å². The van der Waals surface area contributed by atoms with Crippen LogP contribution in [0.5, 0.6) is 11.5 Å². The number of benzene rings is 2. The zero-order valence-corrected chi connectivity index (χ0v) is 16.5. The first kappa shape index (κ1) is 19.5. The van der Waals surface area contributed by atoms with Crippen LogP contribution < -0.4 is 9.47 Å². The molecule has 0 unspecified atom stereocenters. The Morgan fingerprint density at radius 1 is 0.964 bits per heavy atom. The van der Waals surface area contributed by atoms with Crippen molar-refractivity contribution < 1.29 is 18.7 Å². The normalized spacial score (nSPS) is 10.5. The Balaban J connectivity index is 1.69. The smallest absolute Gasteiger partial charge is 0.261 e. The summed E-state index contributed by atoms with van der Waals surface area (Å²) in [7, 11) is 1.63. The number of nitrogens with zero attached hydrogens (tertiary/aromatic N) is 1. The summed E-state index contributed by atoms with van der Waals surface area (Å²) in [4.78, 5) is 14.6. The first-order valence-electron chi connectivity index (χ1n) is 9.18. The van der Waals surface area contributed by atoms with Gasteiger partial charge in [0.05, 0.1) is 19.9 Å². The van der Waals surface area contributed by atoms with Crippen molar-refractivity contribution in [2.45, 2.75) is 26.9 Å². The van der Waals surface area contributed by atoms with Crippen LogP contribution in [-0.4, -0.2) is 24.5 Å². The average molecular weight is 379 g/mol. The molecule has 5 heteroatoms. The molecular formula is C23H25NO4. The summed E-state index contributed by atoms with van der Waals surface area (Å²) in [5, 5.41) is 0. The maximum atomic E-state index is 12.9. The van der Waals surface area contributed by atoms with E-state index < -0.39 is 0 Å². The lowest BCUT2D eigenvalue weighted by Crippen LogP contribution is -2.34. The maximum Gasteiger partial charge on any atom is 0.261 e. The zero-order chi connectivity index (χ0) is 19.9. The second-order valence-corrected chi connectivity index (χ2v) is 6.71. The van der Waals surface area contributed by atoms with E-state index in [9.17, 15) is 4.79 Å². The third-order valence-corrected chi connectivity index (χ3v) is 4.65. The predicted octanol–water partition coefficient (Wildman–Crippen LogP) is 4.51. The largest absolute Gasteiger partial charge is 0.497 e. The number of carbonyl (C=O) groups excluding carboxylic acids is 1. The lowest BCUT2D eigenvalue weighted by atomic mass is 10.1. The fourth-order valence-electron chi connectivity index (χ4n) is 2.81. The molecule has 28 heavy (non-hydrogen) atoms. The van der Waals surface area contributed by atoms with Gasteiger partial charge in [0.1, 0.15) is 17.3 Å². The summed E-state index contributed by atoms with van der Waals surface area (Å²) in [5.41, 5.74) is 3.33. The Hall–Kier alpha value is -3.21. The Bertz CT molecular complexity index is 901. The average Bonchev–Trinajstić information content (AvgIpc) is 3.22. The van der Waals surface area contributed by atoms with Crippen LogP contribution >= 0.6 is 0 Å². The second kappa shape index (κ2) is 9.13. The van der Waals surface area contributed by atoms with Crippen LogP contribution in [0.25, 0.3) is 0 Å². The summed E-state index contributed by atoms with van der Waals surface area (Å²) >= 11 is 0. The highest BCUT2D eigenvalue weighted by Crippen LogP contribution is 2.18. The van der Waals surface area contributed by atoms with Crippen LogP contribution in [0.3, 0.4) is 0 Å². The molecule has 3 rings (SSSR count). The molecule has 0 saturated heterocycles. The highest BCUT2D eigenvalue weighted by atomic mass is 16.5. The first-order chi connectivity index (χ1) is 13.5. The quantitative estimate of drug-likeness (QED) is 0.578. The number of methoxy groups -OCH3 is 1. The molecule has 0 bridgehead atoms. The Labute approximate surface area is 165 Å². The minimum Gasteiger partial charge on any atom is -0.497 e. The van der Waals surface area contributed by atoms with Crippen molar-refractivity contribution in [1.82, 2.24) is 4.90 Å². The van der Waals surface area contributed by atoms with E-state index in [1.165, 1.54) is 5.56 Å². The highest BCUT2D eigenvalue weighted by molar-refractivity contribution is 5.77. The predicted molar refractivity (Wildman–Crippen MR) is 107 cm³/mol. The zero-order valence-electron chi connectivity index (χ0n) is 16.5. The van der Waals surface area contributed by atoms with Gasteiger partial charge >= 0.3 is 0 Å². The van der Waals surface area contributed by atoms with E-state index in [2.05, 4.69) is 0 Å². The van der Waals surface area contributed by atoms with E-state index in [0.717, 1.165) is 22.6 Å². The molecule has 0 N–H and O–H groups in total. The second-order valence-electron chi connectivity index (χ2n) is 6.71. The standard InChI is InChI=1S/C23H25NO4/c1-17-6-9-21(13-18(17)2)28-16-23(25)24(15-22-5-4-12-27-22)14-19-7-10-20(26-3)11-8-19/h4-13H,14-16H2,1-3H3. The van der Waals surface area contributed by atoms with Gasteiger partial charge in [-0.25, -0.2) is 0 Å². The monoisotopic (exact) mass is 379 g/mol. The van der Waals surface area contributed by atoms with Crippen LogP contribution in [-0.2, 0) is 17.9 Å². The van der Waals surface area contributed by atoms with Crippen molar-refractivity contribution in [2.24, 2.45) is 0 Å². The molecule has 0 fully saturated rings. The number of carbonyl (C=O) groups is 1. The molecule has 0 radical (unpaired) electrons. The van der Waals surface area contributed by atoms with Crippen molar-refractivity contribution in [1.29, 1.82) is 0 Å². The minimum absolute atomic E-state index is 0.0284. The van der Waals surface area contributed by atoms with Gasteiger partial charge in [0.25, 0.3) is 5.91 Å². The molecule has 0 aliphatic carbocycles. The molecule has 2 aromatic carbocycles. The van der Waals surface area contributed by atoms with Gasteiger partial charge in [0, 0.05) is 6.54 Å². The molecule has 1 amide bonds. The topological polar surface area (TPSA) is 51.9 Å². The first-order valence-corrected chi connectivity index (χ1v) is 9.18. The van der Waals surface area contributed by atoms with E-state index in [-0.39, 0.29) is 12.5 Å². The van der Waals surface area contributed by atoms with Gasteiger partial charge < -0.3 is 18.8 Å². The van der Waals surface area contributed by atoms with Crippen molar-refractivity contribution in [3.05, 3.63) is 83.3 Å². The van der Waals surface area contributed by atoms with E-state index >= 15 is 0 Å². The van der Waals surface area contributed by atoms with Crippen LogP contribution in [0, 0.1) is 13.8 Å². The number of hydrogen-bond donors (Lipinski definition) is 0. The summed E-state index contributed by atoms with van der Waals surface area (Å²) in [6.07, 6.45) is 1.61. The third-order valence-electron chi connectivity index (χ3n) is 4.65. The molecule has 3 aromatic rings. The fourth-order valence-corrected chi connectivity index (χ4v) is 2.81. The highest BCUT2D eigenvalue weighted by Gasteiger charge is 2.17. The van der Waals surface area contributed by atoms with E-state index in [1.807, 2.05) is 68.4 Å². The Kier molecular flexibility index (Phi) is 6.37. The minimum atomic E-state index is -0.106. The van der Waals surface area contributed by atoms with Gasteiger partial charge in [-0.15, -0.1) is 0 Å². The lowest BCUT2D eigenvalue weighted by Gasteiger charge is -2.22. The van der Waals surface area contributed by atoms with Crippen LogP contribution in [0.4, 0.5) is 0 Å². The maximum absolute atomic E-state index is 12.9. The summed E-state index contributed by atoms with van der Waals surface area (Å²) in [6, 6.07) is 17.2. The van der Waals surface area contributed by atoms with Crippen molar-refractivity contribution in [3.8, 4) is 11.5 Å². The van der Waals surface area contributed by atoms with Crippen LogP contribution in [0.1, 0.15) is 22.5 Å². The van der Waals surface area contributed by atoms with E-state index in [1.54, 1.807) is 18.3 Å². The number of furan rings is 1. The van der Waals surface area contributed by atoms with Gasteiger partial charge in [-0.1, -0.05) is 18.2 Å². The molecule has 0 spiro atoms. The molecule has 146 valence electrons. The summed E-state index contributed by atoms with van der Waals surface area (Å²) < 4.78 is 16.4. The van der Waals surface area contributed by atoms with Crippen LogP contribution in [0.2, 0.25) is 0 Å². The molecule has 0 atom stereocenters. The number of aryl methyl sites for hydroxylation is 2. The third kappa shape index (κ3) is 5.16. The molecule has 0 aliphatic rings. The van der Waals surface area contributed by atoms with Gasteiger partial charge in [0.2, 0.25) is 0 Å². The molecule has 5 nitrogen and oxygen atoms in total. The van der Waals surface area contributed by atoms with Crippen molar-refractivity contribution >= 4 is 5.91 Å². The number of rotatable bonds is 8. The molecule has 1 heterocycles.